The molecular weight excluding hydrogens is 474 g/mol. The summed E-state index contributed by atoms with van der Waals surface area (Å²) in [6, 6.07) is 8.98. The number of piperidine rings is 1. The second-order valence-corrected chi connectivity index (χ2v) is 10.3. The Morgan fingerprint density at radius 3 is 2.66 bits per heavy atom. The number of aromatic nitrogens is 4. The molecule has 35 heavy (non-hydrogen) atoms. The van der Waals surface area contributed by atoms with Crippen LogP contribution in [-0.2, 0) is 17.8 Å². The molecule has 1 aromatic carbocycles. The second-order valence-electron chi connectivity index (χ2n) is 9.89. The Morgan fingerprint density at radius 2 is 1.91 bits per heavy atom. The molecule has 0 aliphatic carbocycles. The maximum Gasteiger partial charge on any atom is 0.169 e. The molecular formula is C25H27ClF2N6O. The number of anilines is 1. The quantitative estimate of drug-likeness (QED) is 0.535. The van der Waals surface area contributed by atoms with Gasteiger partial charge in [0.05, 0.1) is 25.4 Å². The number of nitrogens with zero attached hydrogens (tertiary/aromatic N) is 6. The van der Waals surface area contributed by atoms with Gasteiger partial charge in [-0.2, -0.15) is 0 Å². The predicted octanol–water partition coefficient (Wildman–Crippen LogP) is 4.20. The highest BCUT2D eigenvalue weighted by Gasteiger charge is 2.41. The number of fused-ring (bicyclic) bond motifs is 3. The maximum atomic E-state index is 14.9. The van der Waals surface area contributed by atoms with Gasteiger partial charge in [0.1, 0.15) is 5.82 Å². The lowest BCUT2D eigenvalue weighted by Gasteiger charge is -2.37. The highest BCUT2D eigenvalue weighted by Crippen LogP contribution is 2.35. The minimum absolute atomic E-state index is 0.124. The lowest BCUT2D eigenvalue weighted by Crippen LogP contribution is -2.53. The summed E-state index contributed by atoms with van der Waals surface area (Å²) in [5.74, 6) is 1.98. The monoisotopic (exact) mass is 500 g/mol. The Labute approximate surface area is 207 Å². The first-order chi connectivity index (χ1) is 16.9. The molecule has 3 aliphatic rings. The molecule has 2 saturated heterocycles. The van der Waals surface area contributed by atoms with Crippen molar-refractivity contribution < 1.29 is 13.5 Å². The van der Waals surface area contributed by atoms with Crippen LogP contribution in [0.1, 0.15) is 41.7 Å². The minimum Gasteiger partial charge on any atom is -0.375 e. The standard InChI is InChI=1S/C25H27ClF2N6O/c1-16-2-4-20(27)24(29-16)33-8-6-17(7-9-33)23-31-30-22-12-32(13-25(28)14-35-15-25)11-18-10-19(26)3-5-21(18)34(22)23/h2-5,10,17H,6-9,11-15H2,1H3. The average molecular weight is 501 g/mol. The van der Waals surface area contributed by atoms with E-state index in [1.165, 1.54) is 6.07 Å². The third kappa shape index (κ3) is 4.30. The Kier molecular flexibility index (Phi) is 5.74. The summed E-state index contributed by atoms with van der Waals surface area (Å²) >= 11 is 6.34. The first kappa shape index (κ1) is 22.8. The normalized spacial score (nSPS) is 20.2. The molecule has 184 valence electrons. The molecule has 0 radical (unpaired) electrons. The second kappa shape index (κ2) is 8.80. The van der Waals surface area contributed by atoms with Crippen molar-refractivity contribution in [2.24, 2.45) is 0 Å². The molecule has 0 bridgehead atoms. The van der Waals surface area contributed by atoms with Crippen molar-refractivity contribution in [3.8, 4) is 5.69 Å². The first-order valence-electron chi connectivity index (χ1n) is 12.0. The van der Waals surface area contributed by atoms with Crippen LogP contribution in [0.15, 0.2) is 30.3 Å². The maximum absolute atomic E-state index is 14.9. The van der Waals surface area contributed by atoms with E-state index >= 15 is 0 Å². The van der Waals surface area contributed by atoms with E-state index < -0.39 is 5.67 Å². The summed E-state index contributed by atoms with van der Waals surface area (Å²) in [6.07, 6.45) is 1.62. The van der Waals surface area contributed by atoms with E-state index in [2.05, 4.69) is 24.6 Å². The highest BCUT2D eigenvalue weighted by atomic mass is 35.5. The smallest absolute Gasteiger partial charge is 0.169 e. The van der Waals surface area contributed by atoms with Gasteiger partial charge in [0.25, 0.3) is 0 Å². The third-order valence-corrected chi connectivity index (χ3v) is 7.39. The Bertz CT molecular complexity index is 1250. The van der Waals surface area contributed by atoms with Crippen LogP contribution in [-0.4, -0.2) is 63.2 Å². The van der Waals surface area contributed by atoms with Crippen LogP contribution in [0.3, 0.4) is 0 Å². The summed E-state index contributed by atoms with van der Waals surface area (Å²) in [4.78, 5) is 8.48. The van der Waals surface area contributed by atoms with Gasteiger partial charge in [-0.3, -0.25) is 9.47 Å². The van der Waals surface area contributed by atoms with Gasteiger partial charge in [0, 0.05) is 42.8 Å². The van der Waals surface area contributed by atoms with Gasteiger partial charge in [0.2, 0.25) is 0 Å². The molecule has 0 N–H and O–H groups in total. The fraction of sp³-hybridized carbons (Fsp3) is 0.480. The molecule has 0 saturated carbocycles. The molecule has 2 aromatic heterocycles. The largest absolute Gasteiger partial charge is 0.375 e. The van der Waals surface area contributed by atoms with Crippen LogP contribution >= 0.6 is 11.6 Å². The molecule has 6 rings (SSSR count). The van der Waals surface area contributed by atoms with E-state index in [4.69, 9.17) is 16.3 Å². The van der Waals surface area contributed by atoms with Crippen LogP contribution in [0.5, 0.6) is 0 Å². The van der Waals surface area contributed by atoms with Gasteiger partial charge in [0.15, 0.2) is 23.1 Å². The lowest BCUT2D eigenvalue weighted by atomic mass is 9.95. The summed E-state index contributed by atoms with van der Waals surface area (Å²) in [5, 5.41) is 9.79. The van der Waals surface area contributed by atoms with Crippen molar-refractivity contribution in [1.29, 1.82) is 0 Å². The predicted molar refractivity (Wildman–Crippen MR) is 128 cm³/mol. The SMILES string of the molecule is Cc1ccc(F)c(N2CCC(c3nnc4n3-c3ccc(Cl)cc3CN(CC3(F)COC3)C4)CC2)n1. The van der Waals surface area contributed by atoms with E-state index in [0.717, 1.165) is 41.4 Å². The van der Waals surface area contributed by atoms with Gasteiger partial charge < -0.3 is 9.64 Å². The van der Waals surface area contributed by atoms with Crippen molar-refractivity contribution in [1.82, 2.24) is 24.6 Å². The van der Waals surface area contributed by atoms with Gasteiger partial charge in [-0.25, -0.2) is 13.8 Å². The number of alkyl halides is 1. The molecule has 7 nitrogen and oxygen atoms in total. The zero-order chi connectivity index (χ0) is 24.2. The van der Waals surface area contributed by atoms with E-state index in [9.17, 15) is 8.78 Å². The zero-order valence-electron chi connectivity index (χ0n) is 19.6. The number of ether oxygens (including phenoxy) is 1. The fourth-order valence-corrected chi connectivity index (χ4v) is 5.57. The van der Waals surface area contributed by atoms with E-state index in [1.807, 2.05) is 30.0 Å². The fourth-order valence-electron chi connectivity index (χ4n) is 5.38. The number of hydrogen-bond acceptors (Lipinski definition) is 6. The molecule has 0 amide bonds. The average Bonchev–Trinajstić information content (AvgIpc) is 3.16. The van der Waals surface area contributed by atoms with Crippen LogP contribution < -0.4 is 4.90 Å². The summed E-state index contributed by atoms with van der Waals surface area (Å²) < 4.78 is 36.5. The van der Waals surface area contributed by atoms with Crippen molar-refractivity contribution >= 4 is 17.4 Å². The minimum atomic E-state index is -1.33. The summed E-state index contributed by atoms with van der Waals surface area (Å²) in [7, 11) is 0. The van der Waals surface area contributed by atoms with Gasteiger partial charge >= 0.3 is 0 Å². The number of hydrogen-bond donors (Lipinski definition) is 0. The van der Waals surface area contributed by atoms with E-state index in [-0.39, 0.29) is 31.5 Å². The number of pyridine rings is 1. The van der Waals surface area contributed by atoms with Gasteiger partial charge in [-0.15, -0.1) is 10.2 Å². The molecule has 0 atom stereocenters. The highest BCUT2D eigenvalue weighted by molar-refractivity contribution is 6.30. The number of aryl methyl sites for hydroxylation is 1. The van der Waals surface area contributed by atoms with Crippen LogP contribution in [0, 0.1) is 12.7 Å². The van der Waals surface area contributed by atoms with Crippen molar-refractivity contribution in [3.05, 3.63) is 64.1 Å². The Hall–Kier alpha value is -2.62. The molecule has 3 aliphatic heterocycles. The van der Waals surface area contributed by atoms with Crippen LogP contribution in [0.25, 0.3) is 5.69 Å². The molecule has 0 spiro atoms. The van der Waals surface area contributed by atoms with Gasteiger partial charge in [-0.05, 0) is 55.7 Å². The molecule has 2 fully saturated rings. The van der Waals surface area contributed by atoms with Crippen LogP contribution in [0.4, 0.5) is 14.6 Å². The zero-order valence-corrected chi connectivity index (χ0v) is 20.3. The molecule has 5 heterocycles. The summed E-state index contributed by atoms with van der Waals surface area (Å²) in [6.45, 7) is 4.82. The number of benzene rings is 1. The van der Waals surface area contributed by atoms with Crippen molar-refractivity contribution in [3.63, 3.8) is 0 Å². The van der Waals surface area contributed by atoms with Crippen molar-refractivity contribution in [2.45, 2.75) is 44.4 Å². The molecule has 10 heteroatoms. The lowest BCUT2D eigenvalue weighted by molar-refractivity contribution is -0.142. The molecule has 0 unspecified atom stereocenters. The third-order valence-electron chi connectivity index (χ3n) is 7.15. The summed E-state index contributed by atoms with van der Waals surface area (Å²) in [5.41, 5.74) is 1.47. The number of halogens is 3. The van der Waals surface area contributed by atoms with Crippen LogP contribution in [0.2, 0.25) is 5.02 Å². The van der Waals surface area contributed by atoms with E-state index in [1.54, 1.807) is 6.07 Å². The van der Waals surface area contributed by atoms with Gasteiger partial charge in [-0.1, -0.05) is 11.6 Å². The topological polar surface area (TPSA) is 59.3 Å². The Balaban J connectivity index is 1.28. The number of rotatable bonds is 4. The first-order valence-corrected chi connectivity index (χ1v) is 12.4. The molecule has 3 aromatic rings. The van der Waals surface area contributed by atoms with E-state index in [0.29, 0.717) is 37.0 Å². The van der Waals surface area contributed by atoms with Crippen molar-refractivity contribution in [2.75, 3.05) is 37.7 Å². The Morgan fingerprint density at radius 1 is 1.11 bits per heavy atom.